The van der Waals surface area contributed by atoms with Crippen molar-refractivity contribution >= 4 is 5.82 Å². The van der Waals surface area contributed by atoms with Gasteiger partial charge in [-0.3, -0.25) is 4.98 Å². The van der Waals surface area contributed by atoms with E-state index in [1.54, 1.807) is 12.4 Å². The molecular weight excluding hydrogens is 202 g/mol. The van der Waals surface area contributed by atoms with Gasteiger partial charge >= 0.3 is 0 Å². The second kappa shape index (κ2) is 5.80. The minimum atomic E-state index is -0.138. The summed E-state index contributed by atoms with van der Waals surface area (Å²) in [6.07, 6.45) is 4.58. The van der Waals surface area contributed by atoms with Gasteiger partial charge in [0.2, 0.25) is 0 Å². The van der Waals surface area contributed by atoms with Gasteiger partial charge in [-0.1, -0.05) is 6.92 Å². The van der Waals surface area contributed by atoms with Crippen LogP contribution in [0.2, 0.25) is 0 Å². The molecule has 0 bridgehead atoms. The fourth-order valence-electron chi connectivity index (χ4n) is 1.06. The zero-order valence-corrected chi connectivity index (χ0v) is 10.6. The average molecular weight is 223 g/mol. The fraction of sp³-hybridized carbons (Fsp3) is 0.667. The Bertz CT molecular complexity index is 303. The van der Waals surface area contributed by atoms with Gasteiger partial charge in [0.1, 0.15) is 5.82 Å². The Labute approximate surface area is 97.5 Å². The van der Waals surface area contributed by atoms with Gasteiger partial charge in [-0.2, -0.15) is 0 Å². The summed E-state index contributed by atoms with van der Waals surface area (Å²) in [6.45, 7) is 9.62. The molecule has 0 aliphatic rings. The Balaban J connectivity index is 2.45. The van der Waals surface area contributed by atoms with Gasteiger partial charge in [-0.15, -0.1) is 0 Å². The van der Waals surface area contributed by atoms with Crippen LogP contribution in [-0.2, 0) is 11.3 Å². The van der Waals surface area contributed by atoms with E-state index in [4.69, 9.17) is 4.74 Å². The molecule has 0 fully saturated rings. The molecule has 0 saturated carbocycles. The summed E-state index contributed by atoms with van der Waals surface area (Å²) in [5.74, 6) is 0.821. The molecule has 0 saturated heterocycles. The summed E-state index contributed by atoms with van der Waals surface area (Å²) in [4.78, 5) is 8.55. The number of aromatic nitrogens is 2. The molecule has 1 aromatic heterocycles. The number of hydrogen-bond acceptors (Lipinski definition) is 4. The lowest BCUT2D eigenvalue weighted by Crippen LogP contribution is -2.19. The molecule has 1 N–H and O–H groups in total. The first-order valence-corrected chi connectivity index (χ1v) is 5.70. The van der Waals surface area contributed by atoms with E-state index >= 15 is 0 Å². The molecule has 4 heteroatoms. The van der Waals surface area contributed by atoms with Gasteiger partial charge in [-0.05, 0) is 27.2 Å². The first kappa shape index (κ1) is 12.9. The quantitative estimate of drug-likeness (QED) is 0.833. The zero-order chi connectivity index (χ0) is 12.0. The minimum Gasteiger partial charge on any atom is -0.370 e. The smallest absolute Gasteiger partial charge is 0.144 e. The summed E-state index contributed by atoms with van der Waals surface area (Å²) < 4.78 is 5.61. The predicted octanol–water partition coefficient (Wildman–Crippen LogP) is 2.61. The van der Waals surface area contributed by atoms with Crippen LogP contribution in [0.25, 0.3) is 0 Å². The molecule has 0 aliphatic heterocycles. The number of nitrogens with zero attached hydrogens (tertiary/aromatic N) is 2. The number of rotatable bonds is 5. The lowest BCUT2D eigenvalue weighted by Gasteiger charge is -2.18. The van der Waals surface area contributed by atoms with Crippen LogP contribution in [0.3, 0.4) is 0 Å². The lowest BCUT2D eigenvalue weighted by molar-refractivity contribution is -0.0165. The van der Waals surface area contributed by atoms with Gasteiger partial charge in [0.25, 0.3) is 0 Å². The molecule has 0 amide bonds. The Hall–Kier alpha value is -1.16. The van der Waals surface area contributed by atoms with Crippen LogP contribution in [0.1, 0.15) is 39.8 Å². The molecule has 16 heavy (non-hydrogen) atoms. The van der Waals surface area contributed by atoms with Gasteiger partial charge in [0, 0.05) is 6.54 Å². The third-order valence-corrected chi connectivity index (χ3v) is 1.91. The molecule has 1 heterocycles. The van der Waals surface area contributed by atoms with Crippen LogP contribution in [0.15, 0.2) is 12.4 Å². The van der Waals surface area contributed by atoms with Crippen molar-refractivity contribution < 1.29 is 4.74 Å². The molecule has 0 radical (unpaired) electrons. The van der Waals surface area contributed by atoms with E-state index in [0.717, 1.165) is 24.5 Å². The highest BCUT2D eigenvalue weighted by molar-refractivity contribution is 5.30. The topological polar surface area (TPSA) is 47.0 Å². The largest absolute Gasteiger partial charge is 0.370 e. The van der Waals surface area contributed by atoms with Crippen molar-refractivity contribution in [1.82, 2.24) is 9.97 Å². The molecule has 0 spiro atoms. The van der Waals surface area contributed by atoms with E-state index in [9.17, 15) is 0 Å². The van der Waals surface area contributed by atoms with Crippen LogP contribution >= 0.6 is 0 Å². The van der Waals surface area contributed by atoms with Gasteiger partial charge in [0.05, 0.1) is 30.3 Å². The van der Waals surface area contributed by atoms with E-state index in [0.29, 0.717) is 6.61 Å². The maximum Gasteiger partial charge on any atom is 0.144 e. The molecule has 0 aromatic carbocycles. The minimum absolute atomic E-state index is 0.138. The lowest BCUT2D eigenvalue weighted by atomic mass is 10.2. The summed E-state index contributed by atoms with van der Waals surface area (Å²) in [6, 6.07) is 0. The zero-order valence-electron chi connectivity index (χ0n) is 10.6. The Kier molecular flexibility index (Phi) is 4.68. The van der Waals surface area contributed by atoms with Crippen molar-refractivity contribution in [2.24, 2.45) is 0 Å². The van der Waals surface area contributed by atoms with Gasteiger partial charge in [-0.25, -0.2) is 4.98 Å². The van der Waals surface area contributed by atoms with Gasteiger partial charge < -0.3 is 10.1 Å². The summed E-state index contributed by atoms with van der Waals surface area (Å²) >= 11 is 0. The van der Waals surface area contributed by atoms with Crippen LogP contribution in [-0.4, -0.2) is 22.1 Å². The predicted molar refractivity (Wildman–Crippen MR) is 65.4 cm³/mol. The molecule has 0 atom stereocenters. The highest BCUT2D eigenvalue weighted by Gasteiger charge is 2.10. The normalized spacial score (nSPS) is 11.5. The molecule has 1 aromatic rings. The SMILES string of the molecule is CCCNc1cnc(COC(C)(C)C)cn1. The monoisotopic (exact) mass is 223 g/mol. The first-order valence-electron chi connectivity index (χ1n) is 5.70. The van der Waals surface area contributed by atoms with E-state index in [1.165, 1.54) is 0 Å². The number of anilines is 1. The van der Waals surface area contributed by atoms with Crippen molar-refractivity contribution in [1.29, 1.82) is 0 Å². The molecule has 0 aliphatic carbocycles. The van der Waals surface area contributed by atoms with Crippen molar-refractivity contribution in [2.45, 2.75) is 46.3 Å². The highest BCUT2D eigenvalue weighted by Crippen LogP contribution is 2.10. The third-order valence-electron chi connectivity index (χ3n) is 1.91. The first-order chi connectivity index (χ1) is 7.51. The fourth-order valence-corrected chi connectivity index (χ4v) is 1.06. The number of ether oxygens (including phenoxy) is 1. The average Bonchev–Trinajstić information content (AvgIpc) is 2.24. The van der Waals surface area contributed by atoms with E-state index in [1.807, 2.05) is 20.8 Å². The summed E-state index contributed by atoms with van der Waals surface area (Å²) in [5, 5.41) is 3.18. The standard InChI is InChI=1S/C12H21N3O/c1-5-6-13-11-8-14-10(7-15-11)9-16-12(2,3)4/h7-8H,5-6,9H2,1-4H3,(H,13,15). The molecule has 0 unspecified atom stereocenters. The third kappa shape index (κ3) is 5.07. The van der Waals surface area contributed by atoms with E-state index in [2.05, 4.69) is 22.2 Å². The maximum absolute atomic E-state index is 5.61. The Morgan fingerprint density at radius 3 is 2.50 bits per heavy atom. The van der Waals surface area contributed by atoms with Crippen molar-refractivity contribution in [2.75, 3.05) is 11.9 Å². The van der Waals surface area contributed by atoms with Crippen molar-refractivity contribution in [3.63, 3.8) is 0 Å². The second-order valence-corrected chi connectivity index (χ2v) is 4.72. The number of nitrogens with one attached hydrogen (secondary N) is 1. The van der Waals surface area contributed by atoms with Crippen molar-refractivity contribution in [3.8, 4) is 0 Å². The van der Waals surface area contributed by atoms with Crippen LogP contribution in [0.5, 0.6) is 0 Å². The molecular formula is C12H21N3O. The van der Waals surface area contributed by atoms with E-state index < -0.39 is 0 Å². The summed E-state index contributed by atoms with van der Waals surface area (Å²) in [7, 11) is 0. The number of hydrogen-bond donors (Lipinski definition) is 1. The van der Waals surface area contributed by atoms with Crippen LogP contribution in [0.4, 0.5) is 5.82 Å². The Morgan fingerprint density at radius 1 is 1.25 bits per heavy atom. The van der Waals surface area contributed by atoms with Crippen molar-refractivity contribution in [3.05, 3.63) is 18.1 Å². The molecule has 1 rings (SSSR count). The van der Waals surface area contributed by atoms with Crippen LogP contribution < -0.4 is 5.32 Å². The van der Waals surface area contributed by atoms with E-state index in [-0.39, 0.29) is 5.60 Å². The molecule has 4 nitrogen and oxygen atoms in total. The van der Waals surface area contributed by atoms with Gasteiger partial charge in [0.15, 0.2) is 0 Å². The Morgan fingerprint density at radius 2 is 2.00 bits per heavy atom. The van der Waals surface area contributed by atoms with Crippen LogP contribution in [0, 0.1) is 0 Å². The highest BCUT2D eigenvalue weighted by atomic mass is 16.5. The maximum atomic E-state index is 5.61. The second-order valence-electron chi connectivity index (χ2n) is 4.72. The summed E-state index contributed by atoms with van der Waals surface area (Å²) in [5.41, 5.74) is 0.720. The molecule has 90 valence electrons.